The number of likely N-dealkylation sites (tertiary alicyclic amines) is 2. The van der Waals surface area contributed by atoms with Crippen LogP contribution in [0, 0.1) is 41.4 Å². The zero-order chi connectivity index (χ0) is 48.3. The van der Waals surface area contributed by atoms with E-state index in [9.17, 15) is 37.1 Å². The van der Waals surface area contributed by atoms with E-state index >= 15 is 0 Å². The number of halogens is 3. The van der Waals surface area contributed by atoms with Gasteiger partial charge in [0.1, 0.15) is 29.8 Å². The Morgan fingerprint density at radius 3 is 2.30 bits per heavy atom. The Bertz CT molecular complexity index is 2600. The van der Waals surface area contributed by atoms with Crippen LogP contribution in [0.25, 0.3) is 10.4 Å². The molecule has 66 heavy (non-hydrogen) atoms. The third kappa shape index (κ3) is 11.4. The van der Waals surface area contributed by atoms with E-state index in [0.29, 0.717) is 24.7 Å². The molecule has 4 amide bonds. The molecule has 20 heteroatoms. The molecule has 0 spiro atoms. The normalized spacial score (nSPS) is 17.6. The molecule has 2 fully saturated rings. The molecule has 0 bridgehead atoms. The van der Waals surface area contributed by atoms with E-state index < -0.39 is 82.2 Å². The average Bonchev–Trinajstić information content (AvgIpc) is 4.00. The van der Waals surface area contributed by atoms with Crippen LogP contribution in [0.1, 0.15) is 89.0 Å². The van der Waals surface area contributed by atoms with Gasteiger partial charge in [-0.3, -0.25) is 33.6 Å². The van der Waals surface area contributed by atoms with Crippen LogP contribution in [0.5, 0.6) is 0 Å². The van der Waals surface area contributed by atoms with E-state index in [0.717, 1.165) is 27.9 Å². The molecule has 2 saturated heterocycles. The Morgan fingerprint density at radius 1 is 1.00 bits per heavy atom. The molecule has 5 heterocycles. The topological polar surface area (TPSA) is 205 Å². The number of amides is 4. The number of carbonyl (C=O) groups excluding carboxylic acids is 5. The highest BCUT2D eigenvalue weighted by molar-refractivity contribution is 7.13. The second-order valence-corrected chi connectivity index (χ2v) is 18.9. The third-order valence-electron chi connectivity index (χ3n) is 11.4. The number of alkyl halides is 3. The zero-order valence-corrected chi connectivity index (χ0v) is 38.6. The molecule has 4 aromatic rings. The van der Waals surface area contributed by atoms with Crippen LogP contribution >= 0.6 is 11.3 Å². The van der Waals surface area contributed by atoms with Crippen LogP contribution in [-0.2, 0) is 40.4 Å². The molecule has 2 aliphatic rings. The number of ether oxygens (including phenoxy) is 1. The number of aromatic nitrogens is 4. The lowest BCUT2D eigenvalue weighted by molar-refractivity contribution is -0.147. The van der Waals surface area contributed by atoms with Gasteiger partial charge in [-0.05, 0) is 50.3 Å². The molecule has 0 unspecified atom stereocenters. The Labute approximate surface area is 384 Å². The first kappa shape index (κ1) is 48.8. The number of hydrogen-bond donors (Lipinski definition) is 3. The van der Waals surface area contributed by atoms with Gasteiger partial charge in [0.05, 0.1) is 64.4 Å². The van der Waals surface area contributed by atoms with Gasteiger partial charge in [0.15, 0.2) is 5.69 Å². The summed E-state index contributed by atoms with van der Waals surface area (Å²) in [7, 11) is 0. The summed E-state index contributed by atoms with van der Waals surface area (Å²) >= 11 is 1.55. The summed E-state index contributed by atoms with van der Waals surface area (Å²) in [5, 5.41) is 21.6. The summed E-state index contributed by atoms with van der Waals surface area (Å²) in [6.07, 6.45) is -1.51. The summed E-state index contributed by atoms with van der Waals surface area (Å²) in [5.74, 6) is 3.55. The Balaban J connectivity index is 1.04. The van der Waals surface area contributed by atoms with Crippen LogP contribution in [0.3, 0.4) is 0 Å². The van der Waals surface area contributed by atoms with E-state index in [1.54, 1.807) is 16.8 Å². The number of aryl methyl sites for hydroxylation is 1. The summed E-state index contributed by atoms with van der Waals surface area (Å²) in [5.41, 5.74) is 0.633. The number of benzene rings is 1. The number of rotatable bonds is 12. The van der Waals surface area contributed by atoms with Gasteiger partial charge < -0.3 is 25.6 Å². The van der Waals surface area contributed by atoms with Gasteiger partial charge in [0.25, 0.3) is 5.91 Å². The minimum atomic E-state index is -4.85. The molecule has 4 atom stereocenters. The van der Waals surface area contributed by atoms with Crippen LogP contribution < -0.4 is 16.0 Å². The molecule has 2 aliphatic heterocycles. The summed E-state index contributed by atoms with van der Waals surface area (Å²) in [4.78, 5) is 79.1. The minimum Gasteiger partial charge on any atom is -0.461 e. The number of thiazole rings is 1. The van der Waals surface area contributed by atoms with Crippen molar-refractivity contribution in [2.45, 2.75) is 97.8 Å². The summed E-state index contributed by atoms with van der Waals surface area (Å²) in [6.45, 7) is 14.4. The van der Waals surface area contributed by atoms with Crippen LogP contribution in [0.2, 0.25) is 0 Å². The first-order chi connectivity index (χ1) is 30.9. The van der Waals surface area contributed by atoms with Crippen molar-refractivity contribution in [2.24, 2.45) is 11.3 Å². The van der Waals surface area contributed by atoms with Crippen molar-refractivity contribution in [2.75, 3.05) is 31.5 Å². The number of nitrogens with one attached hydrogen (secondary N) is 3. The lowest BCUT2D eigenvalue weighted by Gasteiger charge is -2.38. The molecule has 6 rings (SSSR count). The van der Waals surface area contributed by atoms with Crippen LogP contribution in [0.15, 0.2) is 54.4 Å². The van der Waals surface area contributed by atoms with Crippen LogP contribution in [0.4, 0.5) is 18.9 Å². The van der Waals surface area contributed by atoms with Gasteiger partial charge in [0.2, 0.25) is 17.7 Å². The highest BCUT2D eigenvalue weighted by atomic mass is 32.1. The molecule has 3 aromatic heterocycles. The van der Waals surface area contributed by atoms with Gasteiger partial charge >= 0.3 is 12.1 Å². The van der Waals surface area contributed by atoms with Gasteiger partial charge in [-0.2, -0.15) is 23.5 Å². The molecule has 0 saturated carbocycles. The monoisotopic (exact) mass is 928 g/mol. The van der Waals surface area contributed by atoms with Crippen molar-refractivity contribution < 1.29 is 41.9 Å². The largest absolute Gasteiger partial charge is 0.461 e. The maximum atomic E-state index is 14.4. The molecule has 3 N–H and O–H groups in total. The van der Waals surface area contributed by atoms with E-state index in [-0.39, 0.29) is 31.1 Å². The molecular formula is C46H51F3N10O6S. The average molecular weight is 929 g/mol. The summed E-state index contributed by atoms with van der Waals surface area (Å²) < 4.78 is 47.1. The Hall–Kier alpha value is -6.64. The molecule has 16 nitrogen and oxygen atoms in total. The predicted molar refractivity (Wildman–Crippen MR) is 237 cm³/mol. The van der Waals surface area contributed by atoms with Crippen molar-refractivity contribution in [1.82, 2.24) is 40.2 Å². The second-order valence-electron chi connectivity index (χ2n) is 18.0. The van der Waals surface area contributed by atoms with Gasteiger partial charge in [-0.1, -0.05) is 56.9 Å². The fraction of sp³-hybridized carbons (Fsp3) is 0.457. The van der Waals surface area contributed by atoms with Gasteiger partial charge in [-0.25, -0.2) is 9.97 Å². The maximum Gasteiger partial charge on any atom is 0.419 e. The number of hydrogen-bond acceptors (Lipinski definition) is 12. The first-order valence-electron chi connectivity index (χ1n) is 21.1. The molecule has 1 aromatic carbocycles. The zero-order valence-electron chi connectivity index (χ0n) is 37.7. The number of pyridine rings is 1. The quantitative estimate of drug-likeness (QED) is 0.125. The predicted octanol–water partition coefficient (Wildman–Crippen LogP) is 5.20. The number of carbonyl (C=O) groups is 5. The van der Waals surface area contributed by atoms with Crippen molar-refractivity contribution in [3.8, 4) is 28.4 Å². The molecule has 348 valence electrons. The highest BCUT2D eigenvalue weighted by Gasteiger charge is 2.46. The van der Waals surface area contributed by atoms with Crippen LogP contribution in [-0.4, -0.2) is 104 Å². The minimum absolute atomic E-state index is 0.0165. The van der Waals surface area contributed by atoms with Gasteiger partial charge in [-0.15, -0.1) is 11.3 Å². The van der Waals surface area contributed by atoms with E-state index in [1.165, 1.54) is 48.8 Å². The Kier molecular flexibility index (Phi) is 14.4. The first-order valence-corrected chi connectivity index (χ1v) is 22.0. The van der Waals surface area contributed by atoms with Crippen molar-refractivity contribution >= 4 is 46.6 Å². The summed E-state index contributed by atoms with van der Waals surface area (Å²) in [6, 6.07) is 7.48. The molecule has 0 radical (unpaired) electrons. The number of nitriles is 1. The highest BCUT2D eigenvalue weighted by Crippen LogP contribution is 2.34. The number of nitrogens with zero attached hydrogens (tertiary/aromatic N) is 7. The fourth-order valence-corrected chi connectivity index (χ4v) is 8.44. The van der Waals surface area contributed by atoms with E-state index in [2.05, 4.69) is 42.9 Å². The Morgan fingerprint density at radius 2 is 1.70 bits per heavy atom. The fourth-order valence-electron chi connectivity index (χ4n) is 7.62. The van der Waals surface area contributed by atoms with E-state index in [4.69, 9.17) is 10.00 Å². The lowest BCUT2D eigenvalue weighted by Crippen LogP contribution is -2.59. The van der Waals surface area contributed by atoms with E-state index in [1.807, 2.05) is 63.8 Å². The third-order valence-corrected chi connectivity index (χ3v) is 12.4. The SMILES string of the molecule is CC(=O)O[C@@H]1C[C@@H](C(=O)N[C@@H](C)c2ccc(-c3scnc3C)cc2)N(C(=O)[C@@H](NC(=O)CN2CC(C#Cc3cnn(C(C)(C)C(=O)Nc4cnc(C#N)c(C(F)(F)F)c4)c3)C2)C(C)(C)C)C1. The van der Waals surface area contributed by atoms with Crippen molar-refractivity contribution in [3.05, 3.63) is 82.5 Å². The van der Waals surface area contributed by atoms with Crippen molar-refractivity contribution in [1.29, 1.82) is 5.26 Å². The number of anilines is 1. The van der Waals surface area contributed by atoms with Crippen molar-refractivity contribution in [3.63, 3.8) is 0 Å². The molecule has 0 aliphatic carbocycles. The molecular weight excluding hydrogens is 878 g/mol. The van der Waals surface area contributed by atoms with Gasteiger partial charge in [0, 0.05) is 38.5 Å². The smallest absolute Gasteiger partial charge is 0.419 e. The standard InChI is InChI=1S/C46H51F3N10O6S/c1-26(31-11-13-32(14-12-31)39-27(2)52-25-66-39)54-41(62)37-16-34(65-28(3)60)23-58(37)42(63)40(44(4,5)6)56-38(61)24-57-20-30(21-57)10-9-29-18-53-59(22-29)45(7,8)43(64)55-33-15-35(46(47,48)49)36(17-50)51-19-33/h11-15,18-19,22,25-26,30,34,37,40H,16,20-21,23-24H2,1-8H3,(H,54,62)(H,55,64)(H,56,61)/t26-,34+,37-,40+/m0/s1. The second kappa shape index (κ2) is 19.4. The number of esters is 1. The maximum absolute atomic E-state index is 14.4. The lowest BCUT2D eigenvalue weighted by atomic mass is 9.85.